The molecule has 0 saturated heterocycles. The van der Waals surface area contributed by atoms with Crippen LogP contribution in [0.3, 0.4) is 0 Å². The molecule has 1 heterocycles. The van der Waals surface area contributed by atoms with Crippen molar-refractivity contribution in [1.29, 1.82) is 0 Å². The summed E-state index contributed by atoms with van der Waals surface area (Å²) in [6.07, 6.45) is 0. The van der Waals surface area contributed by atoms with Gasteiger partial charge in [0.2, 0.25) is 5.91 Å². The minimum atomic E-state index is -0.289. The van der Waals surface area contributed by atoms with Gasteiger partial charge in [0.05, 0.1) is 10.9 Å². The van der Waals surface area contributed by atoms with Crippen LogP contribution in [0.1, 0.15) is 11.4 Å². The van der Waals surface area contributed by atoms with Gasteiger partial charge in [0.1, 0.15) is 12.4 Å². The van der Waals surface area contributed by atoms with E-state index < -0.39 is 0 Å². The van der Waals surface area contributed by atoms with Gasteiger partial charge in [-0.1, -0.05) is 23.7 Å². The van der Waals surface area contributed by atoms with Gasteiger partial charge in [-0.15, -0.1) is 0 Å². The van der Waals surface area contributed by atoms with Gasteiger partial charge in [0, 0.05) is 10.7 Å². The Labute approximate surface area is 143 Å². The first kappa shape index (κ1) is 16.2. The van der Waals surface area contributed by atoms with Gasteiger partial charge < -0.3 is 5.32 Å². The molecular formula is C18H16ClN3O2. The van der Waals surface area contributed by atoms with Gasteiger partial charge >= 0.3 is 0 Å². The number of carbonyl (C=O) groups excluding carboxylic acids is 1. The second-order valence-corrected chi connectivity index (χ2v) is 6.01. The largest absolute Gasteiger partial charge is 0.324 e. The van der Waals surface area contributed by atoms with E-state index in [4.69, 9.17) is 11.6 Å². The molecule has 1 aromatic heterocycles. The highest BCUT2D eigenvalue weighted by Crippen LogP contribution is 2.19. The summed E-state index contributed by atoms with van der Waals surface area (Å²) in [4.78, 5) is 29.3. The van der Waals surface area contributed by atoms with Gasteiger partial charge in [-0.25, -0.2) is 4.98 Å². The molecule has 0 atom stereocenters. The van der Waals surface area contributed by atoms with Crippen molar-refractivity contribution in [2.75, 3.05) is 5.32 Å². The summed E-state index contributed by atoms with van der Waals surface area (Å²) < 4.78 is 1.38. The number of halogens is 1. The lowest BCUT2D eigenvalue weighted by atomic mass is 10.2. The first-order valence-electron chi connectivity index (χ1n) is 7.48. The Bertz CT molecular complexity index is 995. The lowest BCUT2D eigenvalue weighted by Crippen LogP contribution is -2.30. The van der Waals surface area contributed by atoms with Crippen LogP contribution in [0, 0.1) is 13.8 Å². The Morgan fingerprint density at radius 2 is 1.96 bits per heavy atom. The normalized spacial score (nSPS) is 10.8. The van der Waals surface area contributed by atoms with Gasteiger partial charge in [-0.05, 0) is 49.7 Å². The van der Waals surface area contributed by atoms with Gasteiger partial charge in [-0.2, -0.15) is 0 Å². The Balaban J connectivity index is 1.89. The number of nitrogens with zero attached hydrogens (tertiary/aromatic N) is 2. The van der Waals surface area contributed by atoms with Crippen LogP contribution in [-0.4, -0.2) is 15.5 Å². The minimum Gasteiger partial charge on any atom is -0.324 e. The number of hydrogen-bond acceptors (Lipinski definition) is 3. The van der Waals surface area contributed by atoms with Crippen LogP contribution in [0.2, 0.25) is 5.02 Å². The molecule has 1 amide bonds. The number of fused-ring (bicyclic) bond motifs is 1. The van der Waals surface area contributed by atoms with Crippen LogP contribution < -0.4 is 10.9 Å². The van der Waals surface area contributed by atoms with Gasteiger partial charge in [0.25, 0.3) is 5.56 Å². The smallest absolute Gasteiger partial charge is 0.261 e. The van der Waals surface area contributed by atoms with Crippen molar-refractivity contribution in [3.8, 4) is 0 Å². The molecule has 1 N–H and O–H groups in total. The van der Waals surface area contributed by atoms with E-state index in [0.717, 1.165) is 5.56 Å². The molecule has 0 bridgehead atoms. The number of anilines is 1. The molecule has 3 rings (SSSR count). The Kier molecular flexibility index (Phi) is 4.36. The number of aryl methyl sites for hydroxylation is 2. The molecule has 0 spiro atoms. The molecule has 0 saturated carbocycles. The van der Waals surface area contributed by atoms with Crippen LogP contribution in [-0.2, 0) is 11.3 Å². The van der Waals surface area contributed by atoms with Crippen molar-refractivity contribution in [2.45, 2.75) is 20.4 Å². The molecule has 0 aliphatic heterocycles. The molecule has 0 aliphatic rings. The van der Waals surface area contributed by atoms with Crippen LogP contribution in [0.5, 0.6) is 0 Å². The van der Waals surface area contributed by atoms with E-state index in [1.807, 2.05) is 13.0 Å². The Morgan fingerprint density at radius 3 is 2.71 bits per heavy atom. The van der Waals surface area contributed by atoms with Crippen LogP contribution in [0.25, 0.3) is 10.9 Å². The van der Waals surface area contributed by atoms with Gasteiger partial charge in [0.15, 0.2) is 0 Å². The van der Waals surface area contributed by atoms with Crippen molar-refractivity contribution in [3.63, 3.8) is 0 Å². The average Bonchev–Trinajstić information content (AvgIpc) is 2.54. The van der Waals surface area contributed by atoms with E-state index in [1.165, 1.54) is 4.57 Å². The zero-order valence-corrected chi connectivity index (χ0v) is 14.1. The molecule has 5 nitrogen and oxygen atoms in total. The van der Waals surface area contributed by atoms with E-state index in [0.29, 0.717) is 27.4 Å². The molecule has 122 valence electrons. The lowest BCUT2D eigenvalue weighted by molar-refractivity contribution is -0.116. The summed E-state index contributed by atoms with van der Waals surface area (Å²) in [5.41, 5.74) is 1.94. The number of nitrogens with one attached hydrogen (secondary N) is 1. The fraction of sp³-hybridized carbons (Fsp3) is 0.167. The summed E-state index contributed by atoms with van der Waals surface area (Å²) in [7, 11) is 0. The summed E-state index contributed by atoms with van der Waals surface area (Å²) >= 11 is 5.91. The summed E-state index contributed by atoms with van der Waals surface area (Å²) in [5, 5.41) is 3.91. The Morgan fingerprint density at radius 1 is 1.21 bits per heavy atom. The fourth-order valence-electron chi connectivity index (χ4n) is 2.57. The summed E-state index contributed by atoms with van der Waals surface area (Å²) in [6.45, 7) is 3.48. The van der Waals surface area contributed by atoms with E-state index in [9.17, 15) is 9.59 Å². The van der Waals surface area contributed by atoms with Gasteiger partial charge in [-0.3, -0.25) is 14.2 Å². The van der Waals surface area contributed by atoms with Crippen molar-refractivity contribution >= 4 is 34.1 Å². The molecule has 0 fully saturated rings. The number of rotatable bonds is 3. The molecule has 0 unspecified atom stereocenters. The number of carbonyl (C=O) groups is 1. The monoisotopic (exact) mass is 341 g/mol. The highest BCUT2D eigenvalue weighted by atomic mass is 35.5. The quantitative estimate of drug-likeness (QED) is 0.795. The molecule has 0 radical (unpaired) electrons. The van der Waals surface area contributed by atoms with Crippen LogP contribution in [0.4, 0.5) is 5.69 Å². The summed E-state index contributed by atoms with van der Waals surface area (Å²) in [6, 6.07) is 12.3. The number of benzene rings is 2. The van der Waals surface area contributed by atoms with Crippen molar-refractivity contribution in [3.05, 3.63) is 69.2 Å². The third kappa shape index (κ3) is 3.16. The maximum absolute atomic E-state index is 12.6. The van der Waals surface area contributed by atoms with E-state index in [1.54, 1.807) is 43.3 Å². The fourth-order valence-corrected chi connectivity index (χ4v) is 2.79. The zero-order valence-electron chi connectivity index (χ0n) is 13.3. The lowest BCUT2D eigenvalue weighted by Gasteiger charge is -2.12. The summed E-state index contributed by atoms with van der Waals surface area (Å²) in [5.74, 6) is 0.212. The molecule has 6 heteroatoms. The first-order chi connectivity index (χ1) is 11.5. The predicted molar refractivity (Wildman–Crippen MR) is 95.6 cm³/mol. The predicted octanol–water partition coefficient (Wildman–Crippen LogP) is 3.31. The molecule has 3 aromatic rings. The molecule has 0 aliphatic carbocycles. The van der Waals surface area contributed by atoms with E-state index in [2.05, 4.69) is 10.3 Å². The minimum absolute atomic E-state index is 0.0927. The topological polar surface area (TPSA) is 64.0 Å². The standard InChI is InChI=1S/C18H16ClN3O2/c1-11-9-13(19)7-8-15(11)21-17(23)10-22-12(2)20-16-6-4-3-5-14(16)18(22)24/h3-9H,10H2,1-2H3,(H,21,23). The van der Waals surface area contributed by atoms with Crippen LogP contribution >= 0.6 is 11.6 Å². The highest BCUT2D eigenvalue weighted by molar-refractivity contribution is 6.30. The van der Waals surface area contributed by atoms with Crippen molar-refractivity contribution in [1.82, 2.24) is 9.55 Å². The molecule has 2 aromatic carbocycles. The second-order valence-electron chi connectivity index (χ2n) is 5.57. The average molecular weight is 342 g/mol. The van der Waals surface area contributed by atoms with Crippen molar-refractivity contribution < 1.29 is 4.79 Å². The van der Waals surface area contributed by atoms with E-state index in [-0.39, 0.29) is 18.0 Å². The number of para-hydroxylation sites is 1. The zero-order chi connectivity index (χ0) is 17.3. The second kappa shape index (κ2) is 6.45. The van der Waals surface area contributed by atoms with Crippen LogP contribution in [0.15, 0.2) is 47.3 Å². The molecular weight excluding hydrogens is 326 g/mol. The first-order valence-corrected chi connectivity index (χ1v) is 7.85. The molecule has 24 heavy (non-hydrogen) atoms. The third-order valence-electron chi connectivity index (χ3n) is 3.82. The highest BCUT2D eigenvalue weighted by Gasteiger charge is 2.12. The maximum atomic E-state index is 12.6. The Hall–Kier alpha value is -2.66. The van der Waals surface area contributed by atoms with E-state index >= 15 is 0 Å². The van der Waals surface area contributed by atoms with Crippen molar-refractivity contribution in [2.24, 2.45) is 0 Å². The number of aromatic nitrogens is 2. The SMILES string of the molecule is Cc1cc(Cl)ccc1NC(=O)Cn1c(C)nc2ccccc2c1=O. The third-order valence-corrected chi connectivity index (χ3v) is 4.05. The number of amides is 1. The number of hydrogen-bond donors (Lipinski definition) is 1. The maximum Gasteiger partial charge on any atom is 0.261 e.